The molecule has 6 nitrogen and oxygen atoms in total. The molecule has 134 valence electrons. The van der Waals surface area contributed by atoms with Gasteiger partial charge in [-0.1, -0.05) is 19.4 Å². The van der Waals surface area contributed by atoms with Crippen molar-refractivity contribution < 1.29 is 19.5 Å². The predicted molar refractivity (Wildman–Crippen MR) is 92.4 cm³/mol. The van der Waals surface area contributed by atoms with Crippen LogP contribution in [0.3, 0.4) is 0 Å². The number of carbonyl (C=O) groups is 3. The van der Waals surface area contributed by atoms with E-state index in [1.807, 2.05) is 6.92 Å². The van der Waals surface area contributed by atoms with Gasteiger partial charge in [0.1, 0.15) is 0 Å². The number of hydrogen-bond acceptors (Lipinski definition) is 3. The molecule has 1 aromatic rings. The van der Waals surface area contributed by atoms with E-state index in [-0.39, 0.29) is 24.3 Å². The number of carboxylic acids is 1. The van der Waals surface area contributed by atoms with Crippen molar-refractivity contribution in [3.63, 3.8) is 0 Å². The van der Waals surface area contributed by atoms with Crippen molar-refractivity contribution in [2.75, 3.05) is 19.6 Å². The quantitative estimate of drug-likeness (QED) is 0.857. The molecule has 2 atom stereocenters. The Hall–Kier alpha value is -2.37. The standard InChI is InChI=1S/C19H24N2O4/c1-2-9-20-16(22)13-5-3-6-14(10-13)17(23)21-11-15-7-4-8-19(15,12-21)18(24)25/h3,5-6,10,15H,2,4,7-9,11-12H2,1H3,(H,20,22)(H,24,25)/t15-,19+/m0/s1. The van der Waals surface area contributed by atoms with Crippen molar-refractivity contribution in [1.29, 1.82) is 0 Å². The number of carboxylic acid groups (broad SMARTS) is 1. The third-order valence-corrected chi connectivity index (χ3v) is 5.49. The van der Waals surface area contributed by atoms with Crippen molar-refractivity contribution in [1.82, 2.24) is 10.2 Å². The second kappa shape index (κ2) is 6.86. The first-order valence-electron chi connectivity index (χ1n) is 8.89. The number of amides is 2. The summed E-state index contributed by atoms with van der Waals surface area (Å²) in [4.78, 5) is 38.3. The van der Waals surface area contributed by atoms with Gasteiger partial charge in [0, 0.05) is 30.8 Å². The molecular formula is C19H24N2O4. The molecule has 0 bridgehead atoms. The van der Waals surface area contributed by atoms with Crippen molar-refractivity contribution in [3.05, 3.63) is 35.4 Å². The van der Waals surface area contributed by atoms with Crippen LogP contribution in [0.1, 0.15) is 53.3 Å². The lowest BCUT2D eigenvalue weighted by atomic mass is 9.81. The molecule has 2 fully saturated rings. The van der Waals surface area contributed by atoms with Crippen molar-refractivity contribution in [3.8, 4) is 0 Å². The minimum atomic E-state index is -0.794. The summed E-state index contributed by atoms with van der Waals surface area (Å²) >= 11 is 0. The van der Waals surface area contributed by atoms with Crippen LogP contribution in [0, 0.1) is 11.3 Å². The highest BCUT2D eigenvalue weighted by Gasteiger charge is 2.55. The number of aliphatic carboxylic acids is 1. The van der Waals surface area contributed by atoms with Crippen LogP contribution in [0.15, 0.2) is 24.3 Å². The molecule has 2 N–H and O–H groups in total. The van der Waals surface area contributed by atoms with Gasteiger partial charge in [0.15, 0.2) is 0 Å². The van der Waals surface area contributed by atoms with E-state index in [0.29, 0.717) is 30.6 Å². The molecule has 2 aliphatic rings. The number of nitrogens with zero attached hydrogens (tertiary/aromatic N) is 1. The molecule has 1 aliphatic carbocycles. The Morgan fingerprint density at radius 3 is 2.76 bits per heavy atom. The van der Waals surface area contributed by atoms with Gasteiger partial charge in [0.05, 0.1) is 5.41 Å². The van der Waals surface area contributed by atoms with Crippen LogP contribution in [0.4, 0.5) is 0 Å². The number of carbonyl (C=O) groups excluding carboxylic acids is 2. The first kappa shape index (κ1) is 17.5. The zero-order chi connectivity index (χ0) is 18.0. The van der Waals surface area contributed by atoms with Crippen LogP contribution >= 0.6 is 0 Å². The van der Waals surface area contributed by atoms with E-state index in [1.54, 1.807) is 29.2 Å². The summed E-state index contributed by atoms with van der Waals surface area (Å²) in [5, 5.41) is 12.4. The van der Waals surface area contributed by atoms with Gasteiger partial charge in [-0.3, -0.25) is 14.4 Å². The summed E-state index contributed by atoms with van der Waals surface area (Å²) in [5.74, 6) is -1.15. The third-order valence-electron chi connectivity index (χ3n) is 5.49. The molecule has 1 heterocycles. The Kier molecular flexibility index (Phi) is 4.79. The molecular weight excluding hydrogens is 320 g/mol. The summed E-state index contributed by atoms with van der Waals surface area (Å²) in [6.07, 6.45) is 3.24. The Morgan fingerprint density at radius 2 is 2.08 bits per heavy atom. The van der Waals surface area contributed by atoms with Crippen molar-refractivity contribution in [2.45, 2.75) is 32.6 Å². The highest BCUT2D eigenvalue weighted by Crippen LogP contribution is 2.49. The molecule has 0 spiro atoms. The molecule has 2 amide bonds. The molecule has 1 aliphatic heterocycles. The maximum atomic E-state index is 12.8. The lowest BCUT2D eigenvalue weighted by molar-refractivity contribution is -0.149. The lowest BCUT2D eigenvalue weighted by Gasteiger charge is -2.23. The van der Waals surface area contributed by atoms with Gasteiger partial charge in [0.2, 0.25) is 0 Å². The second-order valence-electron chi connectivity index (χ2n) is 7.07. The van der Waals surface area contributed by atoms with Gasteiger partial charge >= 0.3 is 5.97 Å². The summed E-state index contributed by atoms with van der Waals surface area (Å²) in [5.41, 5.74) is 0.0995. The highest BCUT2D eigenvalue weighted by molar-refractivity contribution is 6.00. The summed E-state index contributed by atoms with van der Waals surface area (Å²) in [7, 11) is 0. The van der Waals surface area contributed by atoms with E-state index in [4.69, 9.17) is 0 Å². The monoisotopic (exact) mass is 344 g/mol. The van der Waals surface area contributed by atoms with Crippen molar-refractivity contribution >= 4 is 17.8 Å². The maximum absolute atomic E-state index is 12.8. The van der Waals surface area contributed by atoms with Crippen LogP contribution in [0.25, 0.3) is 0 Å². The Bertz CT molecular complexity index is 702. The SMILES string of the molecule is CCCNC(=O)c1cccc(C(=O)N2C[C@@H]3CCC[C@@]3(C(=O)O)C2)c1. The first-order valence-corrected chi connectivity index (χ1v) is 8.89. The second-order valence-corrected chi connectivity index (χ2v) is 7.07. The van der Waals surface area contributed by atoms with Gasteiger partial charge in [0.25, 0.3) is 11.8 Å². The van der Waals surface area contributed by atoms with Crippen LogP contribution in [-0.4, -0.2) is 47.4 Å². The van der Waals surface area contributed by atoms with Crippen LogP contribution < -0.4 is 5.32 Å². The number of benzene rings is 1. The molecule has 3 rings (SSSR count). The van der Waals surface area contributed by atoms with Gasteiger partial charge in [-0.05, 0) is 43.4 Å². The lowest BCUT2D eigenvalue weighted by Crippen LogP contribution is -2.37. The van der Waals surface area contributed by atoms with Gasteiger partial charge in [-0.25, -0.2) is 0 Å². The molecule has 1 saturated heterocycles. The highest BCUT2D eigenvalue weighted by atomic mass is 16.4. The van der Waals surface area contributed by atoms with E-state index in [2.05, 4.69) is 5.32 Å². The van der Waals surface area contributed by atoms with Crippen LogP contribution in [0.2, 0.25) is 0 Å². The molecule has 25 heavy (non-hydrogen) atoms. The summed E-state index contributed by atoms with van der Waals surface area (Å²) < 4.78 is 0. The fraction of sp³-hybridized carbons (Fsp3) is 0.526. The molecule has 0 unspecified atom stereocenters. The van der Waals surface area contributed by atoms with Crippen LogP contribution in [0.5, 0.6) is 0 Å². The van der Waals surface area contributed by atoms with Gasteiger partial charge < -0.3 is 15.3 Å². The molecule has 0 aromatic heterocycles. The molecule has 0 radical (unpaired) electrons. The van der Waals surface area contributed by atoms with E-state index in [1.165, 1.54) is 0 Å². The summed E-state index contributed by atoms with van der Waals surface area (Å²) in [6, 6.07) is 6.65. The number of likely N-dealkylation sites (tertiary alicyclic amines) is 1. The fourth-order valence-electron chi connectivity index (χ4n) is 4.11. The summed E-state index contributed by atoms with van der Waals surface area (Å²) in [6.45, 7) is 3.31. The number of fused-ring (bicyclic) bond motifs is 1. The van der Waals surface area contributed by atoms with E-state index in [9.17, 15) is 19.5 Å². The average Bonchev–Trinajstić information content (AvgIpc) is 3.17. The molecule has 1 saturated carbocycles. The van der Waals surface area contributed by atoms with Crippen molar-refractivity contribution in [2.24, 2.45) is 11.3 Å². The number of rotatable bonds is 5. The third kappa shape index (κ3) is 3.13. The number of hydrogen-bond donors (Lipinski definition) is 2. The normalized spacial score (nSPS) is 24.8. The maximum Gasteiger partial charge on any atom is 0.311 e. The minimum absolute atomic E-state index is 0.0324. The Balaban J connectivity index is 1.76. The zero-order valence-electron chi connectivity index (χ0n) is 14.5. The first-order chi connectivity index (χ1) is 12.0. The number of nitrogens with one attached hydrogen (secondary N) is 1. The Morgan fingerprint density at radius 1 is 1.32 bits per heavy atom. The predicted octanol–water partition coefficient (Wildman–Crippen LogP) is 2.15. The van der Waals surface area contributed by atoms with E-state index >= 15 is 0 Å². The largest absolute Gasteiger partial charge is 0.481 e. The smallest absolute Gasteiger partial charge is 0.311 e. The van der Waals surface area contributed by atoms with E-state index in [0.717, 1.165) is 19.3 Å². The van der Waals surface area contributed by atoms with E-state index < -0.39 is 11.4 Å². The zero-order valence-corrected chi connectivity index (χ0v) is 14.5. The Labute approximate surface area is 147 Å². The topological polar surface area (TPSA) is 86.7 Å². The van der Waals surface area contributed by atoms with Gasteiger partial charge in [-0.2, -0.15) is 0 Å². The molecule has 1 aromatic carbocycles. The fourth-order valence-corrected chi connectivity index (χ4v) is 4.11. The van der Waals surface area contributed by atoms with Crippen LogP contribution in [-0.2, 0) is 4.79 Å². The van der Waals surface area contributed by atoms with Gasteiger partial charge in [-0.15, -0.1) is 0 Å². The minimum Gasteiger partial charge on any atom is -0.481 e. The molecule has 6 heteroatoms. The average molecular weight is 344 g/mol.